The summed E-state index contributed by atoms with van der Waals surface area (Å²) in [6, 6.07) is 7.87. The Morgan fingerprint density at radius 2 is 2.06 bits per heavy atom. The highest BCUT2D eigenvalue weighted by Crippen LogP contribution is 2.19. The molecule has 3 aromatic heterocycles. The first-order valence-electron chi connectivity index (χ1n) is 4.87. The van der Waals surface area contributed by atoms with Gasteiger partial charge in [-0.3, -0.25) is 4.98 Å². The molecule has 0 saturated carbocycles. The number of imidazole rings is 1. The molecule has 3 rings (SSSR count). The summed E-state index contributed by atoms with van der Waals surface area (Å²) in [5.41, 5.74) is 2.90. The molecule has 0 aliphatic carbocycles. The topological polar surface area (TPSA) is 30.2 Å². The van der Waals surface area contributed by atoms with E-state index in [-0.39, 0.29) is 0 Å². The molecule has 0 aliphatic heterocycles. The molecule has 0 spiro atoms. The van der Waals surface area contributed by atoms with E-state index < -0.39 is 0 Å². The van der Waals surface area contributed by atoms with Crippen LogP contribution in [-0.4, -0.2) is 14.4 Å². The van der Waals surface area contributed by atoms with E-state index in [1.807, 2.05) is 47.3 Å². The Morgan fingerprint density at radius 1 is 1.12 bits per heavy atom. The van der Waals surface area contributed by atoms with Crippen molar-refractivity contribution >= 4 is 21.6 Å². The number of hydrogen-bond acceptors (Lipinski definition) is 2. The molecule has 0 fully saturated rings. The Balaban J connectivity index is 2.19. The van der Waals surface area contributed by atoms with Crippen LogP contribution in [0.2, 0.25) is 0 Å². The van der Waals surface area contributed by atoms with E-state index in [2.05, 4.69) is 25.9 Å². The molecule has 3 nitrogen and oxygen atoms in total. The monoisotopic (exact) mass is 273 g/mol. The summed E-state index contributed by atoms with van der Waals surface area (Å²) < 4.78 is 3.03. The van der Waals surface area contributed by atoms with Crippen LogP contribution in [0.3, 0.4) is 0 Å². The maximum absolute atomic E-state index is 4.53. The first-order valence-corrected chi connectivity index (χ1v) is 5.67. The molecule has 0 saturated heterocycles. The van der Waals surface area contributed by atoms with Crippen LogP contribution in [-0.2, 0) is 0 Å². The fourth-order valence-electron chi connectivity index (χ4n) is 1.62. The quantitative estimate of drug-likeness (QED) is 0.682. The van der Waals surface area contributed by atoms with Gasteiger partial charge in [0.15, 0.2) is 0 Å². The summed E-state index contributed by atoms with van der Waals surface area (Å²) in [4.78, 5) is 8.62. The Morgan fingerprint density at radius 3 is 2.88 bits per heavy atom. The van der Waals surface area contributed by atoms with Crippen molar-refractivity contribution in [3.8, 4) is 11.3 Å². The highest BCUT2D eigenvalue weighted by atomic mass is 79.9. The average Bonchev–Trinajstić information content (AvgIpc) is 2.73. The lowest BCUT2D eigenvalue weighted by Crippen LogP contribution is -1.80. The first-order chi connectivity index (χ1) is 7.83. The number of aromatic nitrogens is 3. The van der Waals surface area contributed by atoms with Crippen molar-refractivity contribution in [3.05, 3.63) is 53.5 Å². The van der Waals surface area contributed by atoms with Gasteiger partial charge in [0, 0.05) is 34.8 Å². The SMILES string of the molecule is Brc1ccc2nc(-c3cccnc3)cn2c1. The summed E-state index contributed by atoms with van der Waals surface area (Å²) in [5.74, 6) is 0. The minimum Gasteiger partial charge on any atom is -0.305 e. The number of hydrogen-bond donors (Lipinski definition) is 0. The predicted octanol–water partition coefficient (Wildman–Crippen LogP) is 3.16. The maximum atomic E-state index is 4.53. The second kappa shape index (κ2) is 3.72. The van der Waals surface area contributed by atoms with Gasteiger partial charge in [-0.1, -0.05) is 0 Å². The smallest absolute Gasteiger partial charge is 0.137 e. The van der Waals surface area contributed by atoms with Crippen LogP contribution in [0.5, 0.6) is 0 Å². The van der Waals surface area contributed by atoms with E-state index in [0.717, 1.165) is 21.4 Å². The van der Waals surface area contributed by atoms with Crippen molar-refractivity contribution in [2.75, 3.05) is 0 Å². The standard InChI is InChI=1S/C12H8BrN3/c13-10-3-4-12-15-11(8-16(12)7-10)9-2-1-5-14-6-9/h1-8H. The molecule has 4 heteroatoms. The van der Waals surface area contributed by atoms with Gasteiger partial charge in [-0.2, -0.15) is 0 Å². The Labute approximate surface area is 101 Å². The average molecular weight is 274 g/mol. The molecular weight excluding hydrogens is 266 g/mol. The molecule has 0 aliphatic rings. The molecule has 0 unspecified atom stereocenters. The number of rotatable bonds is 1. The van der Waals surface area contributed by atoms with Crippen molar-refractivity contribution in [2.45, 2.75) is 0 Å². The molecule has 0 aromatic carbocycles. The van der Waals surface area contributed by atoms with Crippen molar-refractivity contribution < 1.29 is 0 Å². The summed E-state index contributed by atoms with van der Waals surface area (Å²) in [6.45, 7) is 0. The van der Waals surface area contributed by atoms with Gasteiger partial charge in [0.05, 0.1) is 5.69 Å². The zero-order valence-electron chi connectivity index (χ0n) is 8.34. The molecule has 0 bridgehead atoms. The van der Waals surface area contributed by atoms with Crippen LogP contribution in [0.25, 0.3) is 16.9 Å². The van der Waals surface area contributed by atoms with Crippen molar-refractivity contribution in [1.82, 2.24) is 14.4 Å². The highest BCUT2D eigenvalue weighted by Gasteiger charge is 2.03. The van der Waals surface area contributed by atoms with Gasteiger partial charge in [0.1, 0.15) is 5.65 Å². The van der Waals surface area contributed by atoms with E-state index in [9.17, 15) is 0 Å². The first kappa shape index (κ1) is 9.54. The normalized spacial score (nSPS) is 10.8. The molecule has 0 radical (unpaired) electrons. The van der Waals surface area contributed by atoms with Gasteiger partial charge >= 0.3 is 0 Å². The van der Waals surface area contributed by atoms with E-state index in [1.54, 1.807) is 6.20 Å². The summed E-state index contributed by atoms with van der Waals surface area (Å²) >= 11 is 3.44. The van der Waals surface area contributed by atoms with Crippen LogP contribution in [0, 0.1) is 0 Å². The molecule has 16 heavy (non-hydrogen) atoms. The zero-order chi connectivity index (χ0) is 11.0. The van der Waals surface area contributed by atoms with Crippen LogP contribution < -0.4 is 0 Å². The Hall–Kier alpha value is -1.68. The lowest BCUT2D eigenvalue weighted by molar-refractivity contribution is 1.17. The third kappa shape index (κ3) is 1.61. The minimum absolute atomic E-state index is 0.932. The van der Waals surface area contributed by atoms with E-state index >= 15 is 0 Å². The molecule has 3 heterocycles. The number of pyridine rings is 2. The number of halogens is 1. The van der Waals surface area contributed by atoms with Crippen molar-refractivity contribution in [2.24, 2.45) is 0 Å². The lowest BCUT2D eigenvalue weighted by Gasteiger charge is -1.92. The Kier molecular flexibility index (Phi) is 2.22. The molecule has 0 amide bonds. The Bertz CT molecular complexity index is 631. The number of fused-ring (bicyclic) bond motifs is 1. The maximum Gasteiger partial charge on any atom is 0.137 e. The minimum atomic E-state index is 0.932. The molecular formula is C12H8BrN3. The third-order valence-electron chi connectivity index (χ3n) is 2.37. The van der Waals surface area contributed by atoms with Gasteiger partial charge in [-0.25, -0.2) is 4.98 Å². The lowest BCUT2D eigenvalue weighted by atomic mass is 10.2. The summed E-state index contributed by atoms with van der Waals surface area (Å²) in [6.07, 6.45) is 7.56. The molecule has 0 atom stereocenters. The van der Waals surface area contributed by atoms with Gasteiger partial charge < -0.3 is 4.40 Å². The summed E-state index contributed by atoms with van der Waals surface area (Å²) in [7, 11) is 0. The van der Waals surface area contributed by atoms with E-state index in [0.29, 0.717) is 0 Å². The van der Waals surface area contributed by atoms with Crippen molar-refractivity contribution in [3.63, 3.8) is 0 Å². The third-order valence-corrected chi connectivity index (χ3v) is 2.84. The van der Waals surface area contributed by atoms with E-state index in [1.165, 1.54) is 0 Å². The largest absolute Gasteiger partial charge is 0.305 e. The van der Waals surface area contributed by atoms with Gasteiger partial charge in [-0.05, 0) is 40.2 Å². The van der Waals surface area contributed by atoms with Crippen LogP contribution >= 0.6 is 15.9 Å². The predicted molar refractivity (Wildman–Crippen MR) is 66.1 cm³/mol. The molecule has 0 N–H and O–H groups in total. The zero-order valence-corrected chi connectivity index (χ0v) is 9.92. The highest BCUT2D eigenvalue weighted by molar-refractivity contribution is 9.10. The van der Waals surface area contributed by atoms with Gasteiger partial charge in [0.2, 0.25) is 0 Å². The second-order valence-corrected chi connectivity index (χ2v) is 4.40. The van der Waals surface area contributed by atoms with Gasteiger partial charge in [-0.15, -0.1) is 0 Å². The fourth-order valence-corrected chi connectivity index (χ4v) is 1.97. The van der Waals surface area contributed by atoms with Gasteiger partial charge in [0.25, 0.3) is 0 Å². The van der Waals surface area contributed by atoms with Crippen LogP contribution in [0.4, 0.5) is 0 Å². The second-order valence-electron chi connectivity index (χ2n) is 3.48. The number of nitrogens with zero attached hydrogens (tertiary/aromatic N) is 3. The summed E-state index contributed by atoms with van der Waals surface area (Å²) in [5, 5.41) is 0. The van der Waals surface area contributed by atoms with Crippen molar-refractivity contribution in [1.29, 1.82) is 0 Å². The fraction of sp³-hybridized carbons (Fsp3) is 0. The molecule has 78 valence electrons. The van der Waals surface area contributed by atoms with Crippen LogP contribution in [0.15, 0.2) is 53.5 Å². The van der Waals surface area contributed by atoms with E-state index in [4.69, 9.17) is 0 Å². The molecule has 3 aromatic rings. The van der Waals surface area contributed by atoms with Crippen LogP contribution in [0.1, 0.15) is 0 Å².